The molecule has 1 aromatic heterocycles. The van der Waals surface area contributed by atoms with Crippen LogP contribution in [0.25, 0.3) is 11.4 Å². The van der Waals surface area contributed by atoms with Crippen LogP contribution in [0.15, 0.2) is 30.5 Å². The molecule has 2 aromatic rings. The number of aromatic nitrogens is 2. The molecule has 0 aliphatic heterocycles. The number of hydrogen-bond acceptors (Lipinski definition) is 5. The molecular formula is C20H29N3O2. The minimum atomic E-state index is 0.0611. The number of unbranched alkanes of at least 4 members (excludes halogenated alkanes) is 2. The minimum Gasteiger partial charge on any atom is -0.507 e. The van der Waals surface area contributed by atoms with Crippen LogP contribution in [0.1, 0.15) is 56.8 Å². The summed E-state index contributed by atoms with van der Waals surface area (Å²) in [6, 6.07) is 6.92. The van der Waals surface area contributed by atoms with Gasteiger partial charge in [-0.05, 0) is 18.6 Å². The Hall–Kier alpha value is -2.43. The Balaban J connectivity index is 0.00000151. The fourth-order valence-corrected chi connectivity index (χ4v) is 2.37. The van der Waals surface area contributed by atoms with Crippen LogP contribution in [0.2, 0.25) is 0 Å². The molecule has 1 aromatic carbocycles. The average Bonchev–Trinajstić information content (AvgIpc) is 2.63. The fraction of sp³-hybridized carbons (Fsp3) is 0.450. The molecule has 0 saturated carbocycles. The third kappa shape index (κ3) is 5.55. The summed E-state index contributed by atoms with van der Waals surface area (Å²) in [4.78, 5) is 23.0. The molecule has 2 rings (SSSR count). The highest BCUT2D eigenvalue weighted by atomic mass is 16.3. The van der Waals surface area contributed by atoms with E-state index in [1.165, 1.54) is 0 Å². The highest BCUT2D eigenvalue weighted by molar-refractivity contribution is 6.00. The van der Waals surface area contributed by atoms with Crippen molar-refractivity contribution in [1.29, 1.82) is 0 Å². The second-order valence-corrected chi connectivity index (χ2v) is 5.72. The monoisotopic (exact) mass is 343 g/mol. The van der Waals surface area contributed by atoms with Gasteiger partial charge in [-0.15, -0.1) is 0 Å². The molecule has 0 saturated heterocycles. The van der Waals surface area contributed by atoms with Gasteiger partial charge in [0.05, 0.1) is 11.1 Å². The lowest BCUT2D eigenvalue weighted by atomic mass is 10.1. The summed E-state index contributed by atoms with van der Waals surface area (Å²) in [5.41, 5.74) is 1.09. The average molecular weight is 343 g/mol. The number of aromatic hydroxyl groups is 1. The van der Waals surface area contributed by atoms with E-state index in [4.69, 9.17) is 0 Å². The van der Waals surface area contributed by atoms with Gasteiger partial charge < -0.3 is 10.0 Å². The summed E-state index contributed by atoms with van der Waals surface area (Å²) in [5, 5.41) is 9.95. The summed E-state index contributed by atoms with van der Waals surface area (Å²) in [7, 11) is 3.69. The molecule has 5 nitrogen and oxygen atoms in total. The number of benzene rings is 1. The van der Waals surface area contributed by atoms with Crippen molar-refractivity contribution in [3.05, 3.63) is 36.0 Å². The first-order valence-electron chi connectivity index (χ1n) is 8.90. The normalized spacial score (nSPS) is 9.96. The van der Waals surface area contributed by atoms with E-state index in [2.05, 4.69) is 16.9 Å². The number of Topliss-reactive ketones (excluding diaryl/α,β-unsaturated/α-hetero) is 1. The van der Waals surface area contributed by atoms with Crippen molar-refractivity contribution in [3.63, 3.8) is 0 Å². The van der Waals surface area contributed by atoms with Gasteiger partial charge in [0, 0.05) is 26.7 Å². The van der Waals surface area contributed by atoms with Gasteiger partial charge in [-0.2, -0.15) is 0 Å². The summed E-state index contributed by atoms with van der Waals surface area (Å²) < 4.78 is 0. The zero-order valence-corrected chi connectivity index (χ0v) is 15.9. The predicted octanol–water partition coefficient (Wildman–Crippen LogP) is 4.70. The van der Waals surface area contributed by atoms with Gasteiger partial charge >= 0.3 is 0 Å². The van der Waals surface area contributed by atoms with E-state index in [9.17, 15) is 9.90 Å². The molecule has 0 spiro atoms. The number of phenols is 1. The summed E-state index contributed by atoms with van der Waals surface area (Å²) in [6.45, 7) is 6.11. The van der Waals surface area contributed by atoms with Crippen LogP contribution in [0.5, 0.6) is 5.75 Å². The topological polar surface area (TPSA) is 66.3 Å². The lowest BCUT2D eigenvalue weighted by Gasteiger charge is -2.16. The maximum absolute atomic E-state index is 12.4. The van der Waals surface area contributed by atoms with E-state index in [-0.39, 0.29) is 11.5 Å². The third-order valence-corrected chi connectivity index (χ3v) is 3.64. The second-order valence-electron chi connectivity index (χ2n) is 5.72. The number of anilines is 1. The van der Waals surface area contributed by atoms with E-state index in [0.717, 1.165) is 19.3 Å². The smallest absolute Gasteiger partial charge is 0.168 e. The maximum atomic E-state index is 12.4. The van der Waals surface area contributed by atoms with Crippen LogP contribution < -0.4 is 4.90 Å². The zero-order chi connectivity index (χ0) is 18.8. The van der Waals surface area contributed by atoms with Crippen LogP contribution in [0.3, 0.4) is 0 Å². The van der Waals surface area contributed by atoms with Gasteiger partial charge in [0.2, 0.25) is 0 Å². The molecule has 25 heavy (non-hydrogen) atoms. The van der Waals surface area contributed by atoms with E-state index in [0.29, 0.717) is 29.2 Å². The molecule has 0 bridgehead atoms. The number of para-hydroxylation sites is 1. The number of rotatable bonds is 7. The molecule has 0 atom stereocenters. The second kappa shape index (κ2) is 10.4. The Labute approximate surface area is 150 Å². The maximum Gasteiger partial charge on any atom is 0.168 e. The van der Waals surface area contributed by atoms with Crippen LogP contribution >= 0.6 is 0 Å². The summed E-state index contributed by atoms with van der Waals surface area (Å²) in [6.07, 6.45) is 5.08. The van der Waals surface area contributed by atoms with Gasteiger partial charge in [0.25, 0.3) is 0 Å². The van der Waals surface area contributed by atoms with Crippen LogP contribution in [-0.2, 0) is 0 Å². The molecule has 0 aliphatic rings. The largest absolute Gasteiger partial charge is 0.507 e. The number of phenolic OH excluding ortho intramolecular Hbond substituents is 1. The molecule has 1 heterocycles. The number of nitrogens with zero attached hydrogens (tertiary/aromatic N) is 3. The number of hydrogen-bond donors (Lipinski definition) is 1. The highest BCUT2D eigenvalue weighted by Crippen LogP contribution is 2.28. The predicted molar refractivity (Wildman–Crippen MR) is 103 cm³/mol. The van der Waals surface area contributed by atoms with Gasteiger partial charge in [0.1, 0.15) is 11.6 Å². The van der Waals surface area contributed by atoms with Crippen LogP contribution in [0.4, 0.5) is 5.82 Å². The molecule has 1 N–H and O–H groups in total. The molecule has 5 heteroatoms. The van der Waals surface area contributed by atoms with E-state index >= 15 is 0 Å². The number of carbonyl (C=O) groups is 1. The van der Waals surface area contributed by atoms with Crippen molar-refractivity contribution >= 4 is 11.6 Å². The summed E-state index contributed by atoms with van der Waals surface area (Å²) in [5.74, 6) is 1.18. The van der Waals surface area contributed by atoms with Gasteiger partial charge in [-0.3, -0.25) is 4.79 Å². The first kappa shape index (κ1) is 20.6. The highest BCUT2D eigenvalue weighted by Gasteiger charge is 2.17. The lowest BCUT2D eigenvalue weighted by molar-refractivity contribution is 0.0979. The Kier molecular flexibility index (Phi) is 8.61. The molecule has 0 unspecified atom stereocenters. The van der Waals surface area contributed by atoms with Gasteiger partial charge in [0.15, 0.2) is 11.6 Å². The number of carbonyl (C=O) groups excluding carboxylic acids is 1. The van der Waals surface area contributed by atoms with Crippen molar-refractivity contribution in [2.24, 2.45) is 0 Å². The van der Waals surface area contributed by atoms with Crippen molar-refractivity contribution < 1.29 is 9.90 Å². The van der Waals surface area contributed by atoms with Crippen molar-refractivity contribution in [3.8, 4) is 17.1 Å². The van der Waals surface area contributed by atoms with E-state index < -0.39 is 0 Å². The Morgan fingerprint density at radius 1 is 1.16 bits per heavy atom. The third-order valence-electron chi connectivity index (χ3n) is 3.64. The first-order valence-corrected chi connectivity index (χ1v) is 8.90. The minimum absolute atomic E-state index is 0.0611. The van der Waals surface area contributed by atoms with Crippen molar-refractivity contribution in [2.75, 3.05) is 19.0 Å². The van der Waals surface area contributed by atoms with Gasteiger partial charge in [-0.1, -0.05) is 45.7 Å². The fourth-order valence-electron chi connectivity index (χ4n) is 2.37. The summed E-state index contributed by atoms with van der Waals surface area (Å²) >= 11 is 0. The van der Waals surface area contributed by atoms with Gasteiger partial charge in [-0.25, -0.2) is 9.97 Å². The standard InChI is InChI=1S/C18H23N3O2.C2H6/c1-4-5-6-10-16(23)14-12-19-17(20-18(14)21(2)3)13-9-7-8-11-15(13)22;1-2/h7-9,11-12,22H,4-6,10H2,1-3H3;1-2H3. The number of ketones is 1. The molecule has 0 radical (unpaired) electrons. The van der Waals surface area contributed by atoms with Crippen LogP contribution in [-0.4, -0.2) is 35.0 Å². The SMILES string of the molecule is CC.CCCCCC(=O)c1cnc(-c2ccccc2O)nc1N(C)C. The molecule has 0 aliphatic carbocycles. The zero-order valence-electron chi connectivity index (χ0n) is 15.9. The quantitative estimate of drug-likeness (QED) is 0.583. The van der Waals surface area contributed by atoms with Crippen molar-refractivity contribution in [1.82, 2.24) is 9.97 Å². The Morgan fingerprint density at radius 2 is 1.84 bits per heavy atom. The molecule has 0 fully saturated rings. The first-order chi connectivity index (χ1) is 12.0. The molecule has 0 amide bonds. The molecule has 136 valence electrons. The van der Waals surface area contributed by atoms with Crippen molar-refractivity contribution in [2.45, 2.75) is 46.5 Å². The Morgan fingerprint density at radius 3 is 2.44 bits per heavy atom. The lowest BCUT2D eigenvalue weighted by Crippen LogP contribution is -2.17. The molecular weight excluding hydrogens is 314 g/mol. The Bertz CT molecular complexity index is 684. The van der Waals surface area contributed by atoms with E-state index in [1.807, 2.05) is 34.0 Å². The van der Waals surface area contributed by atoms with E-state index in [1.54, 1.807) is 29.3 Å². The van der Waals surface area contributed by atoms with Crippen LogP contribution in [0, 0.1) is 0 Å².